The Hall–Kier alpha value is -2.98. The first-order valence-electron chi connectivity index (χ1n) is 8.85. The molecule has 3 rings (SSSR count). The van der Waals surface area contributed by atoms with E-state index in [-0.39, 0.29) is 5.91 Å². The summed E-state index contributed by atoms with van der Waals surface area (Å²) in [4.78, 5) is 16.5. The van der Waals surface area contributed by atoms with Gasteiger partial charge in [-0.05, 0) is 19.4 Å². The molecule has 1 aromatic heterocycles. The fourth-order valence-electron chi connectivity index (χ4n) is 2.53. The predicted octanol–water partition coefficient (Wildman–Crippen LogP) is 5.53. The minimum atomic E-state index is -0.0974. The molecule has 0 saturated heterocycles. The van der Waals surface area contributed by atoms with Gasteiger partial charge in [0.25, 0.3) is 0 Å². The predicted molar refractivity (Wildman–Crippen MR) is 114 cm³/mol. The fourth-order valence-corrected chi connectivity index (χ4v) is 3.37. The number of benzene rings is 2. The molecule has 1 amide bonds. The first-order chi connectivity index (χ1) is 13.2. The largest absolute Gasteiger partial charge is 0.348 e. The molecule has 0 unspecified atom stereocenters. The van der Waals surface area contributed by atoms with Crippen LogP contribution in [0.4, 0.5) is 0 Å². The molecule has 27 heavy (non-hydrogen) atoms. The van der Waals surface area contributed by atoms with Crippen molar-refractivity contribution < 1.29 is 4.79 Å². The molecule has 0 bridgehead atoms. The Morgan fingerprint density at radius 3 is 2.44 bits per heavy atom. The number of thiazole rings is 1. The van der Waals surface area contributed by atoms with Crippen molar-refractivity contribution in [2.45, 2.75) is 20.4 Å². The van der Waals surface area contributed by atoms with Crippen LogP contribution in [0.15, 0.2) is 78.2 Å². The van der Waals surface area contributed by atoms with Crippen LogP contribution in [-0.4, -0.2) is 10.9 Å². The third-order valence-electron chi connectivity index (χ3n) is 4.07. The van der Waals surface area contributed by atoms with E-state index in [2.05, 4.69) is 54.0 Å². The third kappa shape index (κ3) is 5.25. The van der Waals surface area contributed by atoms with Gasteiger partial charge in [0.2, 0.25) is 5.91 Å². The Labute approximate surface area is 164 Å². The van der Waals surface area contributed by atoms with Crippen LogP contribution in [0.25, 0.3) is 21.8 Å². The van der Waals surface area contributed by atoms with Crippen LogP contribution in [0, 0.1) is 6.92 Å². The Kier molecular flexibility index (Phi) is 6.34. The lowest BCUT2D eigenvalue weighted by Crippen LogP contribution is -2.20. The summed E-state index contributed by atoms with van der Waals surface area (Å²) >= 11 is 1.64. The molecule has 0 saturated carbocycles. The van der Waals surface area contributed by atoms with Gasteiger partial charge >= 0.3 is 0 Å². The minimum Gasteiger partial charge on any atom is -0.348 e. The summed E-state index contributed by atoms with van der Waals surface area (Å²) in [5, 5.41) is 5.96. The van der Waals surface area contributed by atoms with Crippen molar-refractivity contribution in [1.29, 1.82) is 0 Å². The molecule has 136 valence electrons. The lowest BCUT2D eigenvalue weighted by atomic mass is 10.1. The maximum Gasteiger partial charge on any atom is 0.244 e. The summed E-state index contributed by atoms with van der Waals surface area (Å²) in [6.07, 6.45) is 6.96. The monoisotopic (exact) mass is 374 g/mol. The number of carbonyl (C=O) groups excluding carboxylic acids is 1. The van der Waals surface area contributed by atoms with E-state index in [1.807, 2.05) is 31.2 Å². The Morgan fingerprint density at radius 2 is 1.74 bits per heavy atom. The van der Waals surface area contributed by atoms with E-state index in [1.165, 1.54) is 11.6 Å². The van der Waals surface area contributed by atoms with E-state index in [9.17, 15) is 4.79 Å². The van der Waals surface area contributed by atoms with E-state index in [0.717, 1.165) is 27.4 Å². The smallest absolute Gasteiger partial charge is 0.244 e. The summed E-state index contributed by atoms with van der Waals surface area (Å²) in [6.45, 7) is 4.50. The highest BCUT2D eigenvalue weighted by Gasteiger charge is 2.07. The van der Waals surface area contributed by atoms with Crippen LogP contribution in [0.2, 0.25) is 0 Å². The van der Waals surface area contributed by atoms with Crippen molar-refractivity contribution in [3.05, 3.63) is 89.3 Å². The quantitative estimate of drug-likeness (QED) is 0.455. The molecule has 0 spiro atoms. The van der Waals surface area contributed by atoms with Crippen molar-refractivity contribution in [2.75, 3.05) is 0 Å². The van der Waals surface area contributed by atoms with Crippen LogP contribution >= 0.6 is 11.3 Å². The molecule has 1 heterocycles. The van der Waals surface area contributed by atoms with Crippen LogP contribution < -0.4 is 5.32 Å². The standard InChI is InChI=1S/C23H22N2OS/c1-3-4-5-6-22(26)24-15-18-9-13-20(14-10-18)23-25-21(16-27-23)19-11-7-17(2)8-12-19/h3-14,16H,15H2,1-2H3,(H,24,26)/b4-3+,6-5+. The summed E-state index contributed by atoms with van der Waals surface area (Å²) in [6, 6.07) is 16.6. The molecular weight excluding hydrogens is 352 g/mol. The molecule has 3 aromatic rings. The Morgan fingerprint density at radius 1 is 1.04 bits per heavy atom. The number of nitrogens with zero attached hydrogens (tertiary/aromatic N) is 1. The number of amides is 1. The van der Waals surface area contributed by atoms with E-state index in [4.69, 9.17) is 4.98 Å². The van der Waals surface area contributed by atoms with Gasteiger partial charge < -0.3 is 5.32 Å². The van der Waals surface area contributed by atoms with Crippen LogP contribution in [0.5, 0.6) is 0 Å². The molecule has 3 nitrogen and oxygen atoms in total. The zero-order valence-electron chi connectivity index (χ0n) is 15.5. The molecule has 0 aliphatic carbocycles. The number of carbonyl (C=O) groups is 1. The summed E-state index contributed by atoms with van der Waals surface area (Å²) in [5.41, 5.74) is 5.52. The summed E-state index contributed by atoms with van der Waals surface area (Å²) < 4.78 is 0. The van der Waals surface area contributed by atoms with Crippen molar-refractivity contribution in [1.82, 2.24) is 10.3 Å². The minimum absolute atomic E-state index is 0.0974. The van der Waals surface area contributed by atoms with E-state index in [0.29, 0.717) is 6.54 Å². The second-order valence-corrected chi connectivity index (χ2v) is 7.06. The number of rotatable bonds is 6. The van der Waals surface area contributed by atoms with Crippen LogP contribution in [0.1, 0.15) is 18.1 Å². The average molecular weight is 375 g/mol. The SMILES string of the molecule is C/C=C/C=C/C(=O)NCc1ccc(-c2nc(-c3ccc(C)cc3)cs2)cc1. The Bertz CT molecular complexity index is 951. The third-order valence-corrected chi connectivity index (χ3v) is 4.96. The number of aromatic nitrogens is 1. The molecule has 2 aromatic carbocycles. The number of aryl methyl sites for hydroxylation is 1. The average Bonchev–Trinajstić information content (AvgIpc) is 3.18. The highest BCUT2D eigenvalue weighted by Crippen LogP contribution is 2.29. The zero-order chi connectivity index (χ0) is 19.1. The van der Waals surface area contributed by atoms with Gasteiger partial charge in [-0.2, -0.15) is 0 Å². The van der Waals surface area contributed by atoms with Gasteiger partial charge in [-0.1, -0.05) is 72.3 Å². The highest BCUT2D eigenvalue weighted by atomic mass is 32.1. The second-order valence-electron chi connectivity index (χ2n) is 6.20. The first-order valence-corrected chi connectivity index (χ1v) is 9.73. The van der Waals surface area contributed by atoms with Gasteiger partial charge in [0.1, 0.15) is 5.01 Å². The number of hydrogen-bond donors (Lipinski definition) is 1. The van der Waals surface area contributed by atoms with Gasteiger partial charge in [-0.25, -0.2) is 4.98 Å². The maximum atomic E-state index is 11.7. The molecule has 0 fully saturated rings. The highest BCUT2D eigenvalue weighted by molar-refractivity contribution is 7.13. The second kappa shape index (κ2) is 9.10. The summed E-state index contributed by atoms with van der Waals surface area (Å²) in [7, 11) is 0. The van der Waals surface area contributed by atoms with Gasteiger partial charge in [-0.3, -0.25) is 4.79 Å². The zero-order valence-corrected chi connectivity index (χ0v) is 16.3. The molecule has 4 heteroatoms. The molecule has 0 aliphatic heterocycles. The van der Waals surface area contributed by atoms with Crippen molar-refractivity contribution >= 4 is 17.2 Å². The van der Waals surface area contributed by atoms with Gasteiger partial charge in [-0.15, -0.1) is 11.3 Å². The van der Waals surface area contributed by atoms with E-state index >= 15 is 0 Å². The van der Waals surface area contributed by atoms with Gasteiger partial charge in [0.05, 0.1) is 5.69 Å². The fraction of sp³-hybridized carbons (Fsp3) is 0.130. The maximum absolute atomic E-state index is 11.7. The van der Waals surface area contributed by atoms with Gasteiger partial charge in [0.15, 0.2) is 0 Å². The normalized spacial score (nSPS) is 11.3. The van der Waals surface area contributed by atoms with Gasteiger partial charge in [0, 0.05) is 29.1 Å². The molecule has 0 aliphatic rings. The molecule has 1 N–H and O–H groups in total. The number of allylic oxidation sites excluding steroid dienone is 3. The van der Waals surface area contributed by atoms with E-state index in [1.54, 1.807) is 17.4 Å². The molecule has 0 radical (unpaired) electrons. The lowest BCUT2D eigenvalue weighted by Gasteiger charge is -2.04. The van der Waals surface area contributed by atoms with Crippen molar-refractivity contribution in [3.8, 4) is 21.8 Å². The Balaban J connectivity index is 1.64. The number of hydrogen-bond acceptors (Lipinski definition) is 3. The molecule has 0 atom stereocenters. The van der Waals surface area contributed by atoms with Crippen molar-refractivity contribution in [3.63, 3.8) is 0 Å². The van der Waals surface area contributed by atoms with Crippen LogP contribution in [-0.2, 0) is 11.3 Å². The summed E-state index contributed by atoms with van der Waals surface area (Å²) in [5.74, 6) is -0.0974. The molecular formula is C23H22N2OS. The van der Waals surface area contributed by atoms with E-state index < -0.39 is 0 Å². The number of nitrogens with one attached hydrogen (secondary N) is 1. The van der Waals surface area contributed by atoms with Crippen LogP contribution in [0.3, 0.4) is 0 Å². The topological polar surface area (TPSA) is 42.0 Å². The lowest BCUT2D eigenvalue weighted by molar-refractivity contribution is -0.116. The van der Waals surface area contributed by atoms with Crippen molar-refractivity contribution in [2.24, 2.45) is 0 Å². The first kappa shape index (κ1) is 18.8.